The van der Waals surface area contributed by atoms with Gasteiger partial charge in [-0.3, -0.25) is 4.98 Å². The monoisotopic (exact) mass is 392 g/mol. The summed E-state index contributed by atoms with van der Waals surface area (Å²) in [5.74, 6) is 0.235. The Balaban J connectivity index is 1.81. The van der Waals surface area contributed by atoms with Crippen LogP contribution in [-0.4, -0.2) is 19.8 Å². The molecule has 2 aromatic heterocycles. The Labute approximate surface area is 170 Å². The Morgan fingerprint density at radius 1 is 1.07 bits per heavy atom. The average Bonchev–Trinajstić information content (AvgIpc) is 3.28. The van der Waals surface area contributed by atoms with Crippen LogP contribution in [0.3, 0.4) is 0 Å². The highest BCUT2D eigenvalue weighted by molar-refractivity contribution is 7.80. The molecule has 2 N–H and O–H groups in total. The van der Waals surface area contributed by atoms with Crippen LogP contribution < -0.4 is 10.2 Å². The highest BCUT2D eigenvalue weighted by Crippen LogP contribution is 2.42. The van der Waals surface area contributed by atoms with Gasteiger partial charge in [0.1, 0.15) is 5.75 Å². The fraction of sp³-hybridized carbons (Fsp3) is 0.273. The van der Waals surface area contributed by atoms with Crippen LogP contribution in [0.15, 0.2) is 67.1 Å². The van der Waals surface area contributed by atoms with Gasteiger partial charge in [-0.1, -0.05) is 6.07 Å². The SMILES string of the molecule is CC(C)(C)n1ccc([C@@H]2[C@H](c3ccccn3)NC(=S)N2c2ccc(O)cc2)c1. The third-order valence-electron chi connectivity index (χ3n) is 5.06. The van der Waals surface area contributed by atoms with Crippen molar-refractivity contribution in [3.05, 3.63) is 78.4 Å². The van der Waals surface area contributed by atoms with E-state index in [-0.39, 0.29) is 23.4 Å². The minimum absolute atomic E-state index is 0.00531. The molecule has 0 saturated carbocycles. The van der Waals surface area contributed by atoms with E-state index in [1.54, 1.807) is 18.3 Å². The third-order valence-corrected chi connectivity index (χ3v) is 5.37. The molecule has 2 atom stereocenters. The molecular weight excluding hydrogens is 368 g/mol. The Morgan fingerprint density at radius 2 is 1.82 bits per heavy atom. The van der Waals surface area contributed by atoms with Gasteiger partial charge >= 0.3 is 0 Å². The lowest BCUT2D eigenvalue weighted by atomic mass is 9.98. The van der Waals surface area contributed by atoms with Gasteiger partial charge < -0.3 is 19.9 Å². The predicted octanol–water partition coefficient (Wildman–Crippen LogP) is 4.52. The van der Waals surface area contributed by atoms with Crippen molar-refractivity contribution in [1.82, 2.24) is 14.9 Å². The molecule has 0 spiro atoms. The van der Waals surface area contributed by atoms with Crippen molar-refractivity contribution in [3.8, 4) is 5.75 Å². The number of nitrogens with one attached hydrogen (secondary N) is 1. The fourth-order valence-corrected chi connectivity index (χ4v) is 3.94. The molecule has 6 heteroatoms. The maximum atomic E-state index is 9.69. The predicted molar refractivity (Wildman–Crippen MR) is 115 cm³/mol. The molecule has 0 bridgehead atoms. The first-order chi connectivity index (χ1) is 13.3. The van der Waals surface area contributed by atoms with Crippen molar-refractivity contribution >= 4 is 23.0 Å². The molecule has 144 valence electrons. The van der Waals surface area contributed by atoms with E-state index in [0.717, 1.165) is 16.9 Å². The number of aromatic hydroxyl groups is 1. The van der Waals surface area contributed by atoms with Gasteiger partial charge in [0.15, 0.2) is 5.11 Å². The van der Waals surface area contributed by atoms with E-state index in [4.69, 9.17) is 12.2 Å². The van der Waals surface area contributed by atoms with Crippen LogP contribution in [0.5, 0.6) is 5.75 Å². The number of pyridine rings is 1. The summed E-state index contributed by atoms with van der Waals surface area (Å²) in [5.41, 5.74) is 3.03. The minimum atomic E-state index is -0.0710. The summed E-state index contributed by atoms with van der Waals surface area (Å²) < 4.78 is 2.22. The maximum absolute atomic E-state index is 9.69. The van der Waals surface area contributed by atoms with Gasteiger partial charge in [0.25, 0.3) is 0 Å². The lowest BCUT2D eigenvalue weighted by Crippen LogP contribution is -2.29. The van der Waals surface area contributed by atoms with Gasteiger partial charge in [0.05, 0.1) is 17.8 Å². The highest BCUT2D eigenvalue weighted by atomic mass is 32.1. The van der Waals surface area contributed by atoms with Crippen molar-refractivity contribution in [2.75, 3.05) is 4.90 Å². The second-order valence-electron chi connectivity index (χ2n) is 8.04. The Kier molecular flexibility index (Phi) is 4.59. The fourth-order valence-electron chi connectivity index (χ4n) is 3.59. The summed E-state index contributed by atoms with van der Waals surface area (Å²) >= 11 is 5.71. The lowest BCUT2D eigenvalue weighted by molar-refractivity contribution is 0.397. The molecule has 1 aliphatic rings. The smallest absolute Gasteiger partial charge is 0.174 e. The number of benzene rings is 1. The minimum Gasteiger partial charge on any atom is -0.508 e. The van der Waals surface area contributed by atoms with Crippen LogP contribution in [0.4, 0.5) is 5.69 Å². The number of nitrogens with zero attached hydrogens (tertiary/aromatic N) is 3. The van der Waals surface area contributed by atoms with Crippen molar-refractivity contribution in [1.29, 1.82) is 0 Å². The van der Waals surface area contributed by atoms with Crippen molar-refractivity contribution < 1.29 is 5.11 Å². The molecule has 0 unspecified atom stereocenters. The molecule has 5 nitrogen and oxygen atoms in total. The third kappa shape index (κ3) is 3.36. The number of rotatable bonds is 3. The standard InChI is InChI=1S/C22H24N4OS/c1-22(2,3)25-13-11-15(14-25)20-19(18-6-4-5-12-23-18)24-21(28)26(20)16-7-9-17(27)10-8-16/h4-14,19-20,27H,1-3H3,(H,24,28)/t19-,20+/m0/s1. The molecular formula is C22H24N4OS. The molecule has 3 heterocycles. The molecule has 1 aromatic carbocycles. The second kappa shape index (κ2) is 6.95. The van der Waals surface area contributed by atoms with Gasteiger partial charge in [-0.25, -0.2) is 0 Å². The lowest BCUT2D eigenvalue weighted by Gasteiger charge is -2.28. The Hall–Kier alpha value is -2.86. The molecule has 0 radical (unpaired) electrons. The quantitative estimate of drug-likeness (QED) is 0.642. The number of phenolic OH excluding ortho intramolecular Hbond substituents is 1. The Bertz CT molecular complexity index is 976. The summed E-state index contributed by atoms with van der Waals surface area (Å²) in [6.45, 7) is 6.55. The van der Waals surface area contributed by atoms with Crippen LogP contribution in [0, 0.1) is 0 Å². The summed E-state index contributed by atoms with van der Waals surface area (Å²) in [6.07, 6.45) is 6.10. The van der Waals surface area contributed by atoms with Crippen LogP contribution in [-0.2, 0) is 5.54 Å². The first-order valence-corrected chi connectivity index (χ1v) is 9.73. The van der Waals surface area contributed by atoms with Crippen molar-refractivity contribution in [3.63, 3.8) is 0 Å². The zero-order valence-electron chi connectivity index (χ0n) is 16.2. The number of hydrogen-bond acceptors (Lipinski definition) is 3. The van der Waals surface area contributed by atoms with E-state index in [1.807, 2.05) is 30.3 Å². The molecule has 3 aromatic rings. The van der Waals surface area contributed by atoms with Gasteiger partial charge in [0.2, 0.25) is 0 Å². The topological polar surface area (TPSA) is 53.3 Å². The maximum Gasteiger partial charge on any atom is 0.174 e. The summed E-state index contributed by atoms with van der Waals surface area (Å²) in [4.78, 5) is 6.68. The van der Waals surface area contributed by atoms with Crippen LogP contribution in [0.1, 0.15) is 44.1 Å². The van der Waals surface area contributed by atoms with E-state index < -0.39 is 0 Å². The number of thiocarbonyl (C=S) groups is 1. The number of aromatic nitrogens is 2. The first kappa shape index (κ1) is 18.5. The van der Waals surface area contributed by atoms with E-state index in [2.05, 4.69) is 59.0 Å². The molecule has 1 aliphatic heterocycles. The molecule has 4 rings (SSSR count). The summed E-state index contributed by atoms with van der Waals surface area (Å²) in [6, 6.07) is 15.1. The molecule has 0 aliphatic carbocycles. The summed E-state index contributed by atoms with van der Waals surface area (Å²) in [7, 11) is 0. The highest BCUT2D eigenvalue weighted by Gasteiger charge is 2.41. The van der Waals surface area contributed by atoms with E-state index >= 15 is 0 Å². The van der Waals surface area contributed by atoms with Gasteiger partial charge in [0, 0.05) is 29.8 Å². The molecule has 1 fully saturated rings. The van der Waals surface area contributed by atoms with Crippen LogP contribution in [0.2, 0.25) is 0 Å². The van der Waals surface area contributed by atoms with Crippen molar-refractivity contribution in [2.24, 2.45) is 0 Å². The zero-order valence-corrected chi connectivity index (χ0v) is 17.0. The van der Waals surface area contributed by atoms with Gasteiger partial charge in [-0.2, -0.15) is 0 Å². The second-order valence-corrected chi connectivity index (χ2v) is 8.42. The summed E-state index contributed by atoms with van der Waals surface area (Å²) in [5, 5.41) is 13.8. The number of phenols is 1. The molecule has 0 amide bonds. The average molecular weight is 393 g/mol. The molecule has 28 heavy (non-hydrogen) atoms. The van der Waals surface area contributed by atoms with E-state index in [1.165, 1.54) is 0 Å². The Morgan fingerprint density at radius 3 is 2.43 bits per heavy atom. The number of anilines is 1. The number of hydrogen-bond donors (Lipinski definition) is 2. The van der Waals surface area contributed by atoms with Crippen LogP contribution in [0.25, 0.3) is 0 Å². The van der Waals surface area contributed by atoms with Gasteiger partial charge in [-0.15, -0.1) is 0 Å². The van der Waals surface area contributed by atoms with Gasteiger partial charge in [-0.05, 0) is 81.0 Å². The molecule has 1 saturated heterocycles. The first-order valence-electron chi connectivity index (χ1n) is 9.33. The van der Waals surface area contributed by atoms with E-state index in [9.17, 15) is 5.11 Å². The normalized spacial score (nSPS) is 19.7. The zero-order chi connectivity index (χ0) is 19.9. The van der Waals surface area contributed by atoms with Crippen LogP contribution >= 0.6 is 12.2 Å². The largest absolute Gasteiger partial charge is 0.508 e. The van der Waals surface area contributed by atoms with E-state index in [0.29, 0.717) is 5.11 Å². The van der Waals surface area contributed by atoms with Crippen molar-refractivity contribution in [2.45, 2.75) is 38.4 Å².